The van der Waals surface area contributed by atoms with Crippen LogP contribution in [0.3, 0.4) is 0 Å². The number of benzene rings is 2. The average molecular weight is 366 g/mol. The highest BCUT2D eigenvalue weighted by molar-refractivity contribution is 6.30. The molecule has 2 rings (SSSR count). The third kappa shape index (κ3) is 5.19. The maximum Gasteiger partial charge on any atom is 0.341 e. The Kier molecular flexibility index (Phi) is 6.36. The predicted molar refractivity (Wildman–Crippen MR) is 91.3 cm³/mol. The van der Waals surface area contributed by atoms with Crippen molar-refractivity contribution < 1.29 is 23.5 Å². The van der Waals surface area contributed by atoms with Crippen molar-refractivity contribution in [2.24, 2.45) is 0 Å². The fourth-order valence-corrected chi connectivity index (χ4v) is 2.20. The number of nitrogens with one attached hydrogen (secondary N) is 1. The zero-order chi connectivity index (χ0) is 18.4. The number of methoxy groups -OCH3 is 1. The highest BCUT2D eigenvalue weighted by atomic mass is 35.5. The zero-order valence-electron chi connectivity index (χ0n) is 13.8. The van der Waals surface area contributed by atoms with Crippen molar-refractivity contribution in [3.63, 3.8) is 0 Å². The van der Waals surface area contributed by atoms with E-state index in [2.05, 4.69) is 10.1 Å². The van der Waals surface area contributed by atoms with Crippen LogP contribution in [0, 0.1) is 12.7 Å². The third-order valence-electron chi connectivity index (χ3n) is 3.43. The molecule has 0 aliphatic rings. The Morgan fingerprint density at radius 2 is 1.96 bits per heavy atom. The van der Waals surface area contributed by atoms with Gasteiger partial charge in [0.25, 0.3) is 5.91 Å². The van der Waals surface area contributed by atoms with Crippen LogP contribution in [0.4, 0.5) is 4.39 Å². The molecule has 0 spiro atoms. The van der Waals surface area contributed by atoms with Crippen molar-refractivity contribution in [3.8, 4) is 5.75 Å². The highest BCUT2D eigenvalue weighted by Gasteiger charge is 2.15. The standard InChI is InChI=1S/C18H17ClFNO4/c1-11-3-4-12(7-15(11)20)9-21-17(22)10-25-16-8-13(19)5-6-14(16)18(23)24-2/h3-8H,9-10H2,1-2H3,(H,21,22). The minimum absolute atomic E-state index is 0.149. The maximum absolute atomic E-state index is 13.5. The topological polar surface area (TPSA) is 64.6 Å². The molecule has 2 aromatic rings. The van der Waals surface area contributed by atoms with Gasteiger partial charge >= 0.3 is 5.97 Å². The van der Waals surface area contributed by atoms with Gasteiger partial charge in [0.05, 0.1) is 7.11 Å². The summed E-state index contributed by atoms with van der Waals surface area (Å²) >= 11 is 5.88. The molecule has 0 radical (unpaired) electrons. The van der Waals surface area contributed by atoms with Crippen molar-refractivity contribution in [2.45, 2.75) is 13.5 Å². The van der Waals surface area contributed by atoms with Gasteiger partial charge in [0.1, 0.15) is 17.1 Å². The molecular weight excluding hydrogens is 349 g/mol. The summed E-state index contributed by atoms with van der Waals surface area (Å²) in [7, 11) is 1.24. The van der Waals surface area contributed by atoms with Crippen LogP contribution in [0.1, 0.15) is 21.5 Å². The average Bonchev–Trinajstić information content (AvgIpc) is 2.60. The molecule has 0 bridgehead atoms. The molecule has 0 aromatic heterocycles. The molecule has 0 aliphatic heterocycles. The summed E-state index contributed by atoms with van der Waals surface area (Å²) in [5.74, 6) is -1.19. The highest BCUT2D eigenvalue weighted by Crippen LogP contribution is 2.24. The quantitative estimate of drug-likeness (QED) is 0.798. The third-order valence-corrected chi connectivity index (χ3v) is 3.67. The second kappa shape index (κ2) is 8.48. The molecule has 0 saturated heterocycles. The summed E-state index contributed by atoms with van der Waals surface area (Å²) in [6, 6.07) is 9.14. The van der Waals surface area contributed by atoms with Gasteiger partial charge in [0, 0.05) is 11.6 Å². The van der Waals surface area contributed by atoms with E-state index < -0.39 is 11.9 Å². The number of carbonyl (C=O) groups excluding carboxylic acids is 2. The first-order chi connectivity index (χ1) is 11.9. The molecule has 1 amide bonds. The van der Waals surface area contributed by atoms with E-state index in [1.165, 1.54) is 31.4 Å². The number of carbonyl (C=O) groups is 2. The van der Waals surface area contributed by atoms with Gasteiger partial charge in [-0.05, 0) is 42.3 Å². The lowest BCUT2D eigenvalue weighted by atomic mass is 10.1. The van der Waals surface area contributed by atoms with E-state index in [0.29, 0.717) is 16.1 Å². The fraction of sp³-hybridized carbons (Fsp3) is 0.222. The van der Waals surface area contributed by atoms with Crippen LogP contribution in [-0.2, 0) is 16.1 Å². The van der Waals surface area contributed by atoms with Crippen LogP contribution in [0.5, 0.6) is 5.75 Å². The Bertz CT molecular complexity index is 795. The van der Waals surface area contributed by atoms with Crippen molar-refractivity contribution in [2.75, 3.05) is 13.7 Å². The molecule has 7 heteroatoms. The van der Waals surface area contributed by atoms with Crippen molar-refractivity contribution in [3.05, 3.63) is 63.9 Å². The number of hydrogen-bond donors (Lipinski definition) is 1. The Morgan fingerprint density at radius 1 is 1.20 bits per heavy atom. The molecule has 5 nitrogen and oxygen atoms in total. The van der Waals surface area contributed by atoms with E-state index in [1.54, 1.807) is 19.1 Å². The van der Waals surface area contributed by atoms with Crippen LogP contribution >= 0.6 is 11.6 Å². The summed E-state index contributed by atoms with van der Waals surface area (Å²) in [5.41, 5.74) is 1.34. The largest absolute Gasteiger partial charge is 0.483 e. The van der Waals surface area contributed by atoms with E-state index in [-0.39, 0.29) is 30.3 Å². The molecule has 0 saturated carbocycles. The van der Waals surface area contributed by atoms with Gasteiger partial charge in [0.2, 0.25) is 0 Å². The Labute approximate surface area is 149 Å². The van der Waals surface area contributed by atoms with Gasteiger partial charge in [-0.1, -0.05) is 23.7 Å². The number of amides is 1. The molecule has 25 heavy (non-hydrogen) atoms. The Morgan fingerprint density at radius 3 is 2.64 bits per heavy atom. The molecule has 132 valence electrons. The molecule has 0 fully saturated rings. The molecule has 1 N–H and O–H groups in total. The first-order valence-corrected chi connectivity index (χ1v) is 7.81. The summed E-state index contributed by atoms with van der Waals surface area (Å²) in [6.07, 6.45) is 0. The molecule has 2 aromatic carbocycles. The van der Waals surface area contributed by atoms with Crippen molar-refractivity contribution >= 4 is 23.5 Å². The molecule has 0 aliphatic carbocycles. The maximum atomic E-state index is 13.5. The number of halogens is 2. The van der Waals surface area contributed by atoms with Crippen molar-refractivity contribution in [1.29, 1.82) is 0 Å². The van der Waals surface area contributed by atoms with Crippen LogP contribution in [0.25, 0.3) is 0 Å². The second-order valence-electron chi connectivity index (χ2n) is 5.28. The van der Waals surface area contributed by atoms with E-state index in [1.807, 2.05) is 0 Å². The van der Waals surface area contributed by atoms with Gasteiger partial charge in [-0.25, -0.2) is 9.18 Å². The number of ether oxygens (including phenoxy) is 2. The van der Waals surface area contributed by atoms with Crippen LogP contribution in [0.15, 0.2) is 36.4 Å². The van der Waals surface area contributed by atoms with Gasteiger partial charge in [0.15, 0.2) is 6.61 Å². The molecule has 0 unspecified atom stereocenters. The molecule has 0 heterocycles. The first kappa shape index (κ1) is 18.7. The van der Waals surface area contributed by atoms with Crippen LogP contribution in [0.2, 0.25) is 5.02 Å². The second-order valence-corrected chi connectivity index (χ2v) is 5.72. The Balaban J connectivity index is 1.94. The summed E-state index contributed by atoms with van der Waals surface area (Å²) in [5, 5.41) is 2.97. The normalized spacial score (nSPS) is 10.2. The van der Waals surface area contributed by atoms with Gasteiger partial charge < -0.3 is 14.8 Å². The Hall–Kier alpha value is -2.60. The van der Waals surface area contributed by atoms with E-state index in [0.717, 1.165) is 0 Å². The fourth-order valence-electron chi connectivity index (χ4n) is 2.04. The summed E-state index contributed by atoms with van der Waals surface area (Å²) in [6.45, 7) is 1.51. The predicted octanol–water partition coefficient (Wildman–Crippen LogP) is 3.27. The van der Waals surface area contributed by atoms with Crippen LogP contribution in [-0.4, -0.2) is 25.6 Å². The lowest BCUT2D eigenvalue weighted by Gasteiger charge is -2.11. The van der Waals surface area contributed by atoms with E-state index in [4.69, 9.17) is 16.3 Å². The number of esters is 1. The number of hydrogen-bond acceptors (Lipinski definition) is 4. The van der Waals surface area contributed by atoms with E-state index >= 15 is 0 Å². The first-order valence-electron chi connectivity index (χ1n) is 7.43. The van der Waals surface area contributed by atoms with Crippen molar-refractivity contribution in [1.82, 2.24) is 5.32 Å². The summed E-state index contributed by atoms with van der Waals surface area (Å²) < 4.78 is 23.5. The van der Waals surface area contributed by atoms with Gasteiger partial charge in [-0.3, -0.25) is 4.79 Å². The van der Waals surface area contributed by atoms with Crippen LogP contribution < -0.4 is 10.1 Å². The van der Waals surface area contributed by atoms with E-state index in [9.17, 15) is 14.0 Å². The molecular formula is C18H17ClFNO4. The smallest absolute Gasteiger partial charge is 0.341 e. The zero-order valence-corrected chi connectivity index (χ0v) is 14.5. The SMILES string of the molecule is COC(=O)c1ccc(Cl)cc1OCC(=O)NCc1ccc(C)c(F)c1. The lowest BCUT2D eigenvalue weighted by Crippen LogP contribution is -2.28. The molecule has 0 atom stereocenters. The summed E-state index contributed by atoms with van der Waals surface area (Å²) in [4.78, 5) is 23.6. The number of rotatable bonds is 6. The number of aryl methyl sites for hydroxylation is 1. The van der Waals surface area contributed by atoms with Gasteiger partial charge in [-0.2, -0.15) is 0 Å². The lowest BCUT2D eigenvalue weighted by molar-refractivity contribution is -0.123. The minimum Gasteiger partial charge on any atom is -0.483 e. The minimum atomic E-state index is -0.595. The monoisotopic (exact) mass is 365 g/mol. The van der Waals surface area contributed by atoms with Gasteiger partial charge in [-0.15, -0.1) is 0 Å².